The Balaban J connectivity index is 2.26. The van der Waals surface area contributed by atoms with E-state index in [0.29, 0.717) is 6.54 Å². The zero-order chi connectivity index (χ0) is 11.4. The van der Waals surface area contributed by atoms with Gasteiger partial charge in [0.15, 0.2) is 0 Å². The molecule has 1 aliphatic carbocycles. The number of hydrogen-bond donors (Lipinski definition) is 2. The fourth-order valence-corrected chi connectivity index (χ4v) is 3.21. The summed E-state index contributed by atoms with van der Waals surface area (Å²) in [5.41, 5.74) is -0.163. The highest BCUT2D eigenvalue weighted by Crippen LogP contribution is 2.31. The van der Waals surface area contributed by atoms with Gasteiger partial charge in [-0.25, -0.2) is 13.1 Å². The Kier molecular flexibility index (Phi) is 4.55. The summed E-state index contributed by atoms with van der Waals surface area (Å²) in [7, 11) is -3.09. The summed E-state index contributed by atoms with van der Waals surface area (Å²) in [5, 5.41) is 3.09. The summed E-state index contributed by atoms with van der Waals surface area (Å²) >= 11 is 0. The second-order valence-electron chi connectivity index (χ2n) is 4.59. The Labute approximate surface area is 92.9 Å². The Bertz CT molecular complexity index is 284. The second kappa shape index (κ2) is 5.27. The highest BCUT2D eigenvalue weighted by Gasteiger charge is 2.35. The van der Waals surface area contributed by atoms with E-state index in [1.807, 2.05) is 6.92 Å². The second-order valence-corrected chi connectivity index (χ2v) is 6.43. The first-order valence-electron chi connectivity index (χ1n) is 5.70. The molecular formula is C10H22N2O2S. The third-order valence-electron chi connectivity index (χ3n) is 2.83. The number of rotatable bonds is 7. The van der Waals surface area contributed by atoms with E-state index in [1.165, 1.54) is 0 Å². The van der Waals surface area contributed by atoms with Gasteiger partial charge in [0.25, 0.3) is 0 Å². The Morgan fingerprint density at radius 2 is 1.93 bits per heavy atom. The molecule has 0 amide bonds. The summed E-state index contributed by atoms with van der Waals surface area (Å²) in [6.07, 6.45) is 4.10. The summed E-state index contributed by atoms with van der Waals surface area (Å²) in [6, 6.07) is 0. The van der Waals surface area contributed by atoms with Gasteiger partial charge in [-0.1, -0.05) is 6.92 Å². The van der Waals surface area contributed by atoms with E-state index in [4.69, 9.17) is 0 Å². The van der Waals surface area contributed by atoms with E-state index >= 15 is 0 Å². The van der Waals surface area contributed by atoms with Gasteiger partial charge in [0.1, 0.15) is 0 Å². The standard InChI is InChI=1S/C10H22N2O2S/c1-3-7-11-8-9-15(13,14)12-10(2)5-4-6-10/h11-12H,3-9H2,1-2H3. The van der Waals surface area contributed by atoms with Crippen LogP contribution < -0.4 is 10.0 Å². The molecule has 2 N–H and O–H groups in total. The molecule has 1 fully saturated rings. The van der Waals surface area contributed by atoms with Crippen LogP contribution in [0.3, 0.4) is 0 Å². The van der Waals surface area contributed by atoms with E-state index in [2.05, 4.69) is 17.0 Å². The van der Waals surface area contributed by atoms with Crippen LogP contribution in [0.25, 0.3) is 0 Å². The minimum Gasteiger partial charge on any atom is -0.316 e. The molecule has 0 spiro atoms. The van der Waals surface area contributed by atoms with Gasteiger partial charge in [0.05, 0.1) is 5.75 Å². The summed E-state index contributed by atoms with van der Waals surface area (Å²) in [4.78, 5) is 0. The molecule has 1 aliphatic rings. The van der Waals surface area contributed by atoms with Crippen molar-refractivity contribution in [2.24, 2.45) is 0 Å². The van der Waals surface area contributed by atoms with Gasteiger partial charge in [-0.15, -0.1) is 0 Å². The van der Waals surface area contributed by atoms with Crippen molar-refractivity contribution in [1.29, 1.82) is 0 Å². The minimum absolute atomic E-state index is 0.163. The van der Waals surface area contributed by atoms with Gasteiger partial charge < -0.3 is 5.32 Å². The number of sulfonamides is 1. The van der Waals surface area contributed by atoms with Crippen LogP contribution >= 0.6 is 0 Å². The first-order valence-corrected chi connectivity index (χ1v) is 7.35. The maximum atomic E-state index is 11.7. The molecule has 90 valence electrons. The van der Waals surface area contributed by atoms with Gasteiger partial charge in [-0.3, -0.25) is 0 Å². The zero-order valence-electron chi connectivity index (χ0n) is 9.67. The Hall–Kier alpha value is -0.130. The Morgan fingerprint density at radius 1 is 1.27 bits per heavy atom. The lowest BCUT2D eigenvalue weighted by molar-refractivity contribution is 0.248. The summed E-state index contributed by atoms with van der Waals surface area (Å²) < 4.78 is 26.1. The van der Waals surface area contributed by atoms with Crippen LogP contribution in [0, 0.1) is 0 Å². The summed E-state index contributed by atoms with van der Waals surface area (Å²) in [6.45, 7) is 5.47. The largest absolute Gasteiger partial charge is 0.316 e. The van der Waals surface area contributed by atoms with Gasteiger partial charge in [0, 0.05) is 12.1 Å². The molecule has 0 atom stereocenters. The lowest BCUT2D eigenvalue weighted by atomic mass is 9.80. The van der Waals surface area contributed by atoms with Crippen molar-refractivity contribution >= 4 is 10.0 Å². The molecule has 0 aliphatic heterocycles. The van der Waals surface area contributed by atoms with Crippen molar-refractivity contribution in [2.75, 3.05) is 18.8 Å². The van der Waals surface area contributed by atoms with E-state index in [1.54, 1.807) is 0 Å². The average Bonchev–Trinajstić information content (AvgIpc) is 2.09. The maximum Gasteiger partial charge on any atom is 0.213 e. The van der Waals surface area contributed by atoms with Crippen molar-refractivity contribution in [2.45, 2.75) is 45.1 Å². The molecule has 1 rings (SSSR count). The molecular weight excluding hydrogens is 212 g/mol. The maximum absolute atomic E-state index is 11.7. The molecule has 1 saturated carbocycles. The lowest BCUT2D eigenvalue weighted by Crippen LogP contribution is -2.52. The minimum atomic E-state index is -3.09. The molecule has 4 nitrogen and oxygen atoms in total. The fraction of sp³-hybridized carbons (Fsp3) is 1.00. The van der Waals surface area contributed by atoms with Crippen LogP contribution in [-0.4, -0.2) is 32.8 Å². The number of hydrogen-bond acceptors (Lipinski definition) is 3. The zero-order valence-corrected chi connectivity index (χ0v) is 10.5. The van der Waals surface area contributed by atoms with E-state index < -0.39 is 10.0 Å². The first kappa shape index (κ1) is 12.9. The van der Waals surface area contributed by atoms with Crippen LogP contribution in [0.4, 0.5) is 0 Å². The molecule has 0 aromatic carbocycles. The highest BCUT2D eigenvalue weighted by atomic mass is 32.2. The predicted octanol–water partition coefficient (Wildman–Crippen LogP) is 0.848. The van der Waals surface area contributed by atoms with Crippen LogP contribution in [0.2, 0.25) is 0 Å². The van der Waals surface area contributed by atoms with Crippen molar-refractivity contribution in [3.05, 3.63) is 0 Å². The third-order valence-corrected chi connectivity index (χ3v) is 4.38. The predicted molar refractivity (Wildman–Crippen MR) is 62.3 cm³/mol. The fourth-order valence-electron chi connectivity index (χ4n) is 1.74. The van der Waals surface area contributed by atoms with Crippen molar-refractivity contribution in [3.8, 4) is 0 Å². The molecule has 0 aromatic heterocycles. The Morgan fingerprint density at radius 3 is 2.40 bits per heavy atom. The quantitative estimate of drug-likeness (QED) is 0.642. The molecule has 0 heterocycles. The smallest absolute Gasteiger partial charge is 0.213 e. The lowest BCUT2D eigenvalue weighted by Gasteiger charge is -2.38. The van der Waals surface area contributed by atoms with Crippen molar-refractivity contribution in [3.63, 3.8) is 0 Å². The van der Waals surface area contributed by atoms with Crippen molar-refractivity contribution in [1.82, 2.24) is 10.0 Å². The normalized spacial score (nSPS) is 19.9. The molecule has 15 heavy (non-hydrogen) atoms. The van der Waals surface area contributed by atoms with Crippen LogP contribution in [0.5, 0.6) is 0 Å². The molecule has 0 saturated heterocycles. The molecule has 5 heteroatoms. The average molecular weight is 234 g/mol. The molecule has 0 aromatic rings. The molecule has 0 radical (unpaired) electrons. The summed E-state index contributed by atoms with van der Waals surface area (Å²) in [5.74, 6) is 0.183. The van der Waals surface area contributed by atoms with Crippen LogP contribution in [0.1, 0.15) is 39.5 Å². The van der Waals surface area contributed by atoms with Gasteiger partial charge in [-0.05, 0) is 39.2 Å². The number of nitrogens with one attached hydrogen (secondary N) is 2. The highest BCUT2D eigenvalue weighted by molar-refractivity contribution is 7.89. The van der Waals surface area contributed by atoms with Crippen LogP contribution in [-0.2, 0) is 10.0 Å². The molecule has 0 unspecified atom stereocenters. The van der Waals surface area contributed by atoms with Gasteiger partial charge in [0.2, 0.25) is 10.0 Å². The van der Waals surface area contributed by atoms with Gasteiger partial charge >= 0.3 is 0 Å². The van der Waals surface area contributed by atoms with Crippen LogP contribution in [0.15, 0.2) is 0 Å². The first-order chi connectivity index (χ1) is 6.97. The van der Waals surface area contributed by atoms with E-state index in [-0.39, 0.29) is 11.3 Å². The van der Waals surface area contributed by atoms with Crippen molar-refractivity contribution < 1.29 is 8.42 Å². The van der Waals surface area contributed by atoms with E-state index in [9.17, 15) is 8.42 Å². The third kappa shape index (κ3) is 4.49. The molecule has 0 bridgehead atoms. The topological polar surface area (TPSA) is 58.2 Å². The monoisotopic (exact) mass is 234 g/mol. The van der Waals surface area contributed by atoms with Gasteiger partial charge in [-0.2, -0.15) is 0 Å². The van der Waals surface area contributed by atoms with E-state index in [0.717, 1.165) is 32.2 Å². The SMILES string of the molecule is CCCNCCS(=O)(=O)NC1(C)CCC1.